The first-order valence-electron chi connectivity index (χ1n) is 9.38. The maximum atomic E-state index is 12.3. The number of aromatic nitrogens is 3. The number of carboxylic acid groups (broad SMARTS) is 1. The molecule has 0 aliphatic rings. The van der Waals surface area contributed by atoms with Crippen molar-refractivity contribution in [1.29, 1.82) is 0 Å². The number of carboxylic acids is 1. The Morgan fingerprint density at radius 2 is 1.70 bits per heavy atom. The maximum absolute atomic E-state index is 12.3. The summed E-state index contributed by atoms with van der Waals surface area (Å²) < 4.78 is 1.90. The molecule has 9 heteroatoms. The van der Waals surface area contributed by atoms with E-state index in [1.54, 1.807) is 0 Å². The minimum absolute atomic E-state index is 0.00478. The number of hydrogen-bond acceptors (Lipinski definition) is 5. The van der Waals surface area contributed by atoms with Crippen LogP contribution in [-0.4, -0.2) is 43.5 Å². The van der Waals surface area contributed by atoms with Crippen LogP contribution in [0.1, 0.15) is 12.8 Å². The third-order valence-electron chi connectivity index (χ3n) is 4.86. The lowest BCUT2D eigenvalue weighted by atomic mass is 10.2. The highest BCUT2D eigenvalue weighted by Gasteiger charge is 2.22. The van der Waals surface area contributed by atoms with E-state index in [2.05, 4.69) is 5.32 Å². The summed E-state index contributed by atoms with van der Waals surface area (Å²) in [5, 5.41) is 12.4. The van der Waals surface area contributed by atoms with Gasteiger partial charge in [0.2, 0.25) is 11.8 Å². The van der Waals surface area contributed by atoms with Crippen LogP contribution in [0, 0.1) is 0 Å². The minimum Gasteiger partial charge on any atom is -0.480 e. The smallest absolute Gasteiger partial charge is 0.326 e. The fraction of sp³-hybridized carbons (Fsp3) is 0.190. The number of nitrogens with two attached hydrogens (primary N) is 1. The van der Waals surface area contributed by atoms with Crippen LogP contribution >= 0.6 is 0 Å². The molecule has 0 aliphatic carbocycles. The second-order valence-corrected chi connectivity index (χ2v) is 6.93. The second-order valence-electron chi connectivity index (χ2n) is 6.93. The van der Waals surface area contributed by atoms with E-state index in [0.29, 0.717) is 5.65 Å². The number of para-hydroxylation sites is 3. The fourth-order valence-electron chi connectivity index (χ4n) is 3.49. The number of aliphatic carboxylic acids is 1. The van der Waals surface area contributed by atoms with Gasteiger partial charge in [-0.2, -0.15) is 0 Å². The lowest BCUT2D eigenvalue weighted by Gasteiger charge is -2.13. The van der Waals surface area contributed by atoms with Gasteiger partial charge in [0.15, 0.2) is 5.65 Å². The van der Waals surface area contributed by atoms with Crippen LogP contribution in [0.25, 0.3) is 33.1 Å². The zero-order chi connectivity index (χ0) is 21.3. The number of rotatable bonds is 7. The monoisotopic (exact) mass is 405 g/mol. The predicted molar refractivity (Wildman–Crippen MR) is 111 cm³/mol. The van der Waals surface area contributed by atoms with Crippen molar-refractivity contribution < 1.29 is 19.5 Å². The summed E-state index contributed by atoms with van der Waals surface area (Å²) in [4.78, 5) is 44.1. The van der Waals surface area contributed by atoms with Gasteiger partial charge in [-0.25, -0.2) is 14.8 Å². The van der Waals surface area contributed by atoms with E-state index in [1.807, 2.05) is 53.1 Å². The third kappa shape index (κ3) is 3.64. The number of fused-ring (bicyclic) bond motifs is 4. The molecular formula is C21H19N5O4. The van der Waals surface area contributed by atoms with Crippen molar-refractivity contribution in [3.63, 3.8) is 0 Å². The predicted octanol–water partition coefficient (Wildman–Crippen LogP) is 1.57. The van der Waals surface area contributed by atoms with E-state index < -0.39 is 30.2 Å². The first-order chi connectivity index (χ1) is 14.4. The molecular weight excluding hydrogens is 386 g/mol. The summed E-state index contributed by atoms with van der Waals surface area (Å²) in [5.41, 5.74) is 8.84. The quantitative estimate of drug-likeness (QED) is 0.426. The Bertz CT molecular complexity index is 1300. The second kappa shape index (κ2) is 7.78. The number of nitrogens with zero attached hydrogens (tertiary/aromatic N) is 3. The van der Waals surface area contributed by atoms with Gasteiger partial charge in [-0.3, -0.25) is 9.59 Å². The molecule has 4 N–H and O–H groups in total. The molecule has 30 heavy (non-hydrogen) atoms. The molecule has 4 aromatic rings. The third-order valence-corrected chi connectivity index (χ3v) is 4.86. The molecule has 9 nitrogen and oxygen atoms in total. The molecule has 0 aliphatic heterocycles. The summed E-state index contributed by atoms with van der Waals surface area (Å²) in [5.74, 6) is -2.60. The Kier molecular flexibility index (Phi) is 5.01. The Labute approximate surface area is 170 Å². The van der Waals surface area contributed by atoms with Gasteiger partial charge in [-0.05, 0) is 18.2 Å². The topological polar surface area (TPSA) is 140 Å². The first-order valence-corrected chi connectivity index (χ1v) is 9.38. The van der Waals surface area contributed by atoms with Gasteiger partial charge in [0.25, 0.3) is 0 Å². The molecule has 1 atom stereocenters. The summed E-state index contributed by atoms with van der Waals surface area (Å²) >= 11 is 0. The average Bonchev–Trinajstić information content (AvgIpc) is 3.02. The molecule has 0 saturated heterocycles. The van der Waals surface area contributed by atoms with Gasteiger partial charge < -0.3 is 20.7 Å². The van der Waals surface area contributed by atoms with Gasteiger partial charge >= 0.3 is 5.97 Å². The van der Waals surface area contributed by atoms with Gasteiger partial charge in [0.05, 0.1) is 23.0 Å². The van der Waals surface area contributed by atoms with Crippen molar-refractivity contribution in [1.82, 2.24) is 19.9 Å². The molecule has 0 spiro atoms. The van der Waals surface area contributed by atoms with E-state index in [9.17, 15) is 14.4 Å². The van der Waals surface area contributed by atoms with Crippen LogP contribution in [-0.2, 0) is 20.9 Å². The van der Waals surface area contributed by atoms with Crippen molar-refractivity contribution in [3.05, 3.63) is 48.5 Å². The van der Waals surface area contributed by atoms with Gasteiger partial charge in [-0.15, -0.1) is 0 Å². The summed E-state index contributed by atoms with van der Waals surface area (Å²) in [6.45, 7) is 0.270. The molecule has 4 rings (SSSR count). The van der Waals surface area contributed by atoms with Crippen LogP contribution in [0.2, 0.25) is 0 Å². The normalized spacial score (nSPS) is 12.3. The van der Waals surface area contributed by atoms with E-state index in [-0.39, 0.29) is 13.0 Å². The maximum Gasteiger partial charge on any atom is 0.326 e. The van der Waals surface area contributed by atoms with E-state index in [4.69, 9.17) is 20.8 Å². The molecule has 0 bridgehead atoms. The summed E-state index contributed by atoms with van der Waals surface area (Å²) in [7, 11) is 0. The molecule has 0 radical (unpaired) electrons. The molecule has 2 amide bonds. The van der Waals surface area contributed by atoms with Crippen molar-refractivity contribution in [2.24, 2.45) is 5.73 Å². The number of carbonyl (C=O) groups excluding carboxylic acids is 2. The van der Waals surface area contributed by atoms with E-state index in [1.165, 1.54) is 0 Å². The number of nitrogens with one attached hydrogen (secondary N) is 1. The molecule has 1 unspecified atom stereocenters. The molecule has 2 aromatic heterocycles. The van der Waals surface area contributed by atoms with Gasteiger partial charge in [-0.1, -0.05) is 30.3 Å². The lowest BCUT2D eigenvalue weighted by Crippen LogP contribution is -2.43. The SMILES string of the molecule is NC(=O)CC(NC(=O)CCn1c2ccccc2c2nc3ccccc3nc21)C(=O)O. The molecule has 0 fully saturated rings. The zero-order valence-corrected chi connectivity index (χ0v) is 15.9. The number of carbonyl (C=O) groups is 3. The van der Waals surface area contributed by atoms with Crippen LogP contribution in [0.3, 0.4) is 0 Å². The average molecular weight is 405 g/mol. The number of amides is 2. The van der Waals surface area contributed by atoms with Crippen LogP contribution in [0.4, 0.5) is 0 Å². The van der Waals surface area contributed by atoms with Crippen LogP contribution in [0.15, 0.2) is 48.5 Å². The first kappa shape index (κ1) is 19.3. The Morgan fingerprint density at radius 3 is 2.40 bits per heavy atom. The Morgan fingerprint density at radius 1 is 1.03 bits per heavy atom. The molecule has 152 valence electrons. The standard InChI is InChI=1S/C21H19N5O4/c22-17(27)11-15(21(29)30)23-18(28)9-10-26-16-8-4-1-5-12(16)19-20(26)25-14-7-3-2-6-13(14)24-19/h1-8,15H,9-11H2,(H2,22,27)(H,23,28)(H,29,30). The highest BCUT2D eigenvalue weighted by molar-refractivity contribution is 6.06. The number of hydrogen-bond donors (Lipinski definition) is 3. The Hall–Kier alpha value is -4.01. The number of benzene rings is 2. The highest BCUT2D eigenvalue weighted by atomic mass is 16.4. The van der Waals surface area contributed by atoms with Crippen molar-refractivity contribution in [3.8, 4) is 0 Å². The Balaban J connectivity index is 1.66. The van der Waals surface area contributed by atoms with Crippen LogP contribution < -0.4 is 11.1 Å². The van der Waals surface area contributed by atoms with Crippen molar-refractivity contribution in [2.75, 3.05) is 0 Å². The number of primary amides is 1. The highest BCUT2D eigenvalue weighted by Crippen LogP contribution is 2.28. The number of aryl methyl sites for hydroxylation is 1. The fourth-order valence-corrected chi connectivity index (χ4v) is 3.49. The molecule has 2 aromatic carbocycles. The van der Waals surface area contributed by atoms with E-state index in [0.717, 1.165) is 27.5 Å². The van der Waals surface area contributed by atoms with Crippen LogP contribution in [0.5, 0.6) is 0 Å². The molecule has 2 heterocycles. The van der Waals surface area contributed by atoms with Gasteiger partial charge in [0, 0.05) is 18.4 Å². The zero-order valence-electron chi connectivity index (χ0n) is 15.9. The van der Waals surface area contributed by atoms with Gasteiger partial charge in [0.1, 0.15) is 11.6 Å². The minimum atomic E-state index is -1.35. The summed E-state index contributed by atoms with van der Waals surface area (Å²) in [6, 6.07) is 13.9. The van der Waals surface area contributed by atoms with Crippen molar-refractivity contribution >= 4 is 50.9 Å². The lowest BCUT2D eigenvalue weighted by molar-refractivity contribution is -0.143. The largest absolute Gasteiger partial charge is 0.480 e. The van der Waals surface area contributed by atoms with E-state index >= 15 is 0 Å². The van der Waals surface area contributed by atoms with Crippen molar-refractivity contribution in [2.45, 2.75) is 25.4 Å². The summed E-state index contributed by atoms with van der Waals surface area (Å²) in [6.07, 6.45) is -0.460. The molecule has 0 saturated carbocycles.